The normalized spacial score (nSPS) is 10.4. The average Bonchev–Trinajstić information content (AvgIpc) is 3.10. The maximum absolute atomic E-state index is 12.3. The smallest absolute Gasteiger partial charge is 0.293 e. The Morgan fingerprint density at radius 3 is 2.63 bits per heavy atom. The molecule has 0 aliphatic heterocycles. The van der Waals surface area contributed by atoms with Crippen LogP contribution < -0.4 is 10.1 Å². The van der Waals surface area contributed by atoms with Crippen molar-refractivity contribution in [3.8, 4) is 5.75 Å². The molecule has 7 heteroatoms. The second-order valence-corrected chi connectivity index (χ2v) is 6.10. The highest BCUT2D eigenvalue weighted by Gasteiger charge is 2.18. The molecule has 1 aromatic heterocycles. The second kappa shape index (κ2) is 7.74. The Balaban J connectivity index is 1.68. The van der Waals surface area contributed by atoms with E-state index in [4.69, 9.17) is 9.15 Å². The van der Waals surface area contributed by atoms with Gasteiger partial charge >= 0.3 is 0 Å². The van der Waals surface area contributed by atoms with Gasteiger partial charge in [0.05, 0.1) is 4.92 Å². The molecule has 3 rings (SSSR count). The minimum absolute atomic E-state index is 0.0488. The zero-order valence-corrected chi connectivity index (χ0v) is 14.9. The number of carbonyl (C=O) groups is 1. The Kier molecular flexibility index (Phi) is 5.21. The van der Waals surface area contributed by atoms with Crippen LogP contribution in [0.2, 0.25) is 0 Å². The van der Waals surface area contributed by atoms with E-state index >= 15 is 0 Å². The average molecular weight is 366 g/mol. The third-order valence-electron chi connectivity index (χ3n) is 3.85. The first kappa shape index (κ1) is 18.2. The van der Waals surface area contributed by atoms with Crippen LogP contribution in [-0.2, 0) is 6.61 Å². The van der Waals surface area contributed by atoms with Gasteiger partial charge in [0.2, 0.25) is 0 Å². The third-order valence-corrected chi connectivity index (χ3v) is 3.85. The summed E-state index contributed by atoms with van der Waals surface area (Å²) in [5.74, 6) is 0.657. The summed E-state index contributed by atoms with van der Waals surface area (Å²) in [6.07, 6.45) is 0. The van der Waals surface area contributed by atoms with Gasteiger partial charge in [-0.3, -0.25) is 14.9 Å². The van der Waals surface area contributed by atoms with Crippen LogP contribution in [0.5, 0.6) is 5.75 Å². The number of anilines is 1. The van der Waals surface area contributed by atoms with Gasteiger partial charge in [-0.1, -0.05) is 18.2 Å². The number of amides is 1. The van der Waals surface area contributed by atoms with Crippen LogP contribution in [0.3, 0.4) is 0 Å². The Morgan fingerprint density at radius 1 is 1.11 bits per heavy atom. The van der Waals surface area contributed by atoms with Crippen molar-refractivity contribution in [3.05, 3.63) is 87.4 Å². The summed E-state index contributed by atoms with van der Waals surface area (Å²) in [7, 11) is 0. The molecule has 2 aromatic carbocycles. The van der Waals surface area contributed by atoms with Crippen LogP contribution in [0, 0.1) is 24.0 Å². The van der Waals surface area contributed by atoms with Gasteiger partial charge in [0.25, 0.3) is 11.6 Å². The molecule has 27 heavy (non-hydrogen) atoms. The zero-order valence-electron chi connectivity index (χ0n) is 14.9. The molecule has 0 saturated heterocycles. The lowest BCUT2D eigenvalue weighted by atomic mass is 10.2. The van der Waals surface area contributed by atoms with Gasteiger partial charge in [-0.15, -0.1) is 0 Å². The number of benzene rings is 2. The van der Waals surface area contributed by atoms with E-state index in [0.717, 1.165) is 11.1 Å². The molecule has 1 amide bonds. The van der Waals surface area contributed by atoms with Gasteiger partial charge in [0.1, 0.15) is 23.8 Å². The summed E-state index contributed by atoms with van der Waals surface area (Å²) in [6, 6.07) is 15.3. The molecule has 0 fully saturated rings. The Labute approximate surface area is 155 Å². The summed E-state index contributed by atoms with van der Waals surface area (Å²) in [5, 5.41) is 13.7. The number of rotatable bonds is 6. The summed E-state index contributed by atoms with van der Waals surface area (Å²) < 4.78 is 11.1. The summed E-state index contributed by atoms with van der Waals surface area (Å²) in [6.45, 7) is 3.87. The highest BCUT2D eigenvalue weighted by molar-refractivity contribution is 6.03. The minimum atomic E-state index is -0.566. The molecule has 0 aliphatic carbocycles. The number of nitrogens with one attached hydrogen (secondary N) is 1. The highest BCUT2D eigenvalue weighted by atomic mass is 16.6. The van der Waals surface area contributed by atoms with Crippen LogP contribution in [0.25, 0.3) is 0 Å². The lowest BCUT2D eigenvalue weighted by Gasteiger charge is -2.06. The largest absolute Gasteiger partial charge is 0.486 e. The first-order valence-electron chi connectivity index (χ1n) is 8.27. The predicted molar refractivity (Wildman–Crippen MR) is 100 cm³/mol. The number of furan rings is 1. The molecule has 3 aromatic rings. The molecule has 0 atom stereocenters. The van der Waals surface area contributed by atoms with Crippen molar-refractivity contribution in [3.63, 3.8) is 0 Å². The Bertz CT molecular complexity index is 994. The Hall–Kier alpha value is -3.61. The SMILES string of the molecule is Cc1cccc(OCc2ccc(C(=O)Nc3ccc(C)cc3[N+](=O)[O-])o2)c1. The molecule has 0 bridgehead atoms. The van der Waals surface area contributed by atoms with E-state index in [1.165, 1.54) is 18.2 Å². The molecular formula is C20H18N2O5. The standard InChI is InChI=1S/C20H18N2O5/c1-13-4-3-5-15(10-13)26-12-16-7-9-19(27-16)20(23)21-17-8-6-14(2)11-18(17)22(24)25/h3-11H,12H2,1-2H3,(H,21,23). The molecule has 0 unspecified atom stereocenters. The van der Waals surface area contributed by atoms with Gasteiger partial charge in [0.15, 0.2) is 5.76 Å². The van der Waals surface area contributed by atoms with Crippen molar-refractivity contribution in [2.45, 2.75) is 20.5 Å². The zero-order chi connectivity index (χ0) is 19.4. The molecule has 1 heterocycles. The molecule has 0 spiro atoms. The van der Waals surface area contributed by atoms with E-state index in [2.05, 4.69) is 5.32 Å². The number of carbonyl (C=O) groups excluding carboxylic acids is 1. The second-order valence-electron chi connectivity index (χ2n) is 6.10. The number of nitrogens with zero attached hydrogens (tertiary/aromatic N) is 1. The lowest BCUT2D eigenvalue weighted by molar-refractivity contribution is -0.384. The van der Waals surface area contributed by atoms with E-state index in [-0.39, 0.29) is 23.7 Å². The van der Waals surface area contributed by atoms with Gasteiger partial charge in [-0.25, -0.2) is 0 Å². The molecule has 138 valence electrons. The van der Waals surface area contributed by atoms with Crippen LogP contribution in [-0.4, -0.2) is 10.8 Å². The number of aryl methyl sites for hydroxylation is 2. The number of nitro benzene ring substituents is 1. The van der Waals surface area contributed by atoms with Crippen molar-refractivity contribution in [2.75, 3.05) is 5.32 Å². The summed E-state index contributed by atoms with van der Waals surface area (Å²) in [4.78, 5) is 23.0. The van der Waals surface area contributed by atoms with E-state index in [0.29, 0.717) is 11.5 Å². The number of nitro groups is 1. The van der Waals surface area contributed by atoms with E-state index in [1.54, 1.807) is 19.1 Å². The molecule has 7 nitrogen and oxygen atoms in total. The fourth-order valence-corrected chi connectivity index (χ4v) is 2.52. The van der Waals surface area contributed by atoms with Crippen LogP contribution in [0.4, 0.5) is 11.4 Å². The van der Waals surface area contributed by atoms with Gasteiger partial charge in [0, 0.05) is 6.07 Å². The molecular weight excluding hydrogens is 348 g/mol. The number of hydrogen-bond acceptors (Lipinski definition) is 5. The third kappa shape index (κ3) is 4.52. The predicted octanol–water partition coefficient (Wildman–Crippen LogP) is 4.64. The van der Waals surface area contributed by atoms with Crippen LogP contribution in [0.15, 0.2) is 59.0 Å². The van der Waals surface area contributed by atoms with Crippen molar-refractivity contribution in [1.82, 2.24) is 0 Å². The van der Waals surface area contributed by atoms with Gasteiger partial charge in [-0.05, 0) is 55.3 Å². The fourth-order valence-electron chi connectivity index (χ4n) is 2.52. The number of ether oxygens (including phenoxy) is 1. The fraction of sp³-hybridized carbons (Fsp3) is 0.150. The maximum Gasteiger partial charge on any atom is 0.293 e. The highest BCUT2D eigenvalue weighted by Crippen LogP contribution is 2.26. The van der Waals surface area contributed by atoms with Crippen LogP contribution >= 0.6 is 0 Å². The molecule has 0 aliphatic rings. The first-order valence-corrected chi connectivity index (χ1v) is 8.27. The van der Waals surface area contributed by atoms with Crippen molar-refractivity contribution in [1.29, 1.82) is 0 Å². The maximum atomic E-state index is 12.3. The quantitative estimate of drug-likeness (QED) is 0.507. The van der Waals surface area contributed by atoms with Crippen LogP contribution in [0.1, 0.15) is 27.4 Å². The number of hydrogen-bond donors (Lipinski definition) is 1. The monoisotopic (exact) mass is 366 g/mol. The van der Waals surface area contributed by atoms with Crippen molar-refractivity contribution >= 4 is 17.3 Å². The molecule has 1 N–H and O–H groups in total. The first-order chi connectivity index (χ1) is 12.9. The van der Waals surface area contributed by atoms with E-state index in [1.807, 2.05) is 31.2 Å². The van der Waals surface area contributed by atoms with Gasteiger partial charge < -0.3 is 14.5 Å². The van der Waals surface area contributed by atoms with Crippen molar-refractivity contribution < 1.29 is 18.9 Å². The molecule has 0 radical (unpaired) electrons. The van der Waals surface area contributed by atoms with Gasteiger partial charge in [-0.2, -0.15) is 0 Å². The van der Waals surface area contributed by atoms with E-state index < -0.39 is 10.8 Å². The minimum Gasteiger partial charge on any atom is -0.486 e. The summed E-state index contributed by atoms with van der Waals surface area (Å²) >= 11 is 0. The van der Waals surface area contributed by atoms with E-state index in [9.17, 15) is 14.9 Å². The topological polar surface area (TPSA) is 94.6 Å². The Morgan fingerprint density at radius 2 is 1.89 bits per heavy atom. The summed E-state index contributed by atoms with van der Waals surface area (Å²) in [5.41, 5.74) is 1.75. The lowest BCUT2D eigenvalue weighted by Crippen LogP contribution is -2.12. The van der Waals surface area contributed by atoms with Crippen molar-refractivity contribution in [2.24, 2.45) is 0 Å². The molecule has 0 saturated carbocycles.